The summed E-state index contributed by atoms with van der Waals surface area (Å²) in [4.78, 5) is 12.7. The minimum atomic E-state index is 0.331. The Labute approximate surface area is 242 Å². The average molecular weight is 553 g/mol. The second-order valence-electron chi connectivity index (χ2n) is 11.8. The lowest BCUT2D eigenvalue weighted by atomic mass is 9.72. The van der Waals surface area contributed by atoms with E-state index >= 15 is 0 Å². The summed E-state index contributed by atoms with van der Waals surface area (Å²) in [5.41, 5.74) is 7.77. The van der Waals surface area contributed by atoms with Crippen molar-refractivity contribution in [2.45, 2.75) is 33.1 Å². The Hall–Kier alpha value is -3.54. The zero-order valence-corrected chi connectivity index (χ0v) is 24.2. The summed E-state index contributed by atoms with van der Waals surface area (Å²) >= 11 is 6.20. The van der Waals surface area contributed by atoms with Crippen LogP contribution in [0.15, 0.2) is 79.1 Å². The van der Waals surface area contributed by atoms with Crippen molar-refractivity contribution in [2.75, 3.05) is 37.6 Å². The molecule has 5 nitrogen and oxygen atoms in total. The van der Waals surface area contributed by atoms with Crippen LogP contribution in [0, 0.1) is 5.41 Å². The van der Waals surface area contributed by atoms with Crippen LogP contribution < -0.4 is 9.64 Å². The van der Waals surface area contributed by atoms with Crippen molar-refractivity contribution in [3.63, 3.8) is 0 Å². The number of anilines is 1. The summed E-state index contributed by atoms with van der Waals surface area (Å²) < 4.78 is 6.31. The third kappa shape index (κ3) is 5.81. The zero-order chi connectivity index (χ0) is 27.7. The molecule has 40 heavy (non-hydrogen) atoms. The van der Waals surface area contributed by atoms with Gasteiger partial charge in [-0.15, -0.1) is 0 Å². The van der Waals surface area contributed by atoms with Crippen molar-refractivity contribution >= 4 is 40.0 Å². The Morgan fingerprint density at radius 1 is 1.05 bits per heavy atom. The second-order valence-corrected chi connectivity index (χ2v) is 12.2. The highest BCUT2D eigenvalue weighted by molar-refractivity contribution is 6.30. The largest absolute Gasteiger partial charge is 0.455 e. The number of nitrogens with one attached hydrogen (secondary N) is 1. The molecule has 1 N–H and O–H groups in total. The number of benzene rings is 2. The SMILES string of the molecule is C=Cc1ccc(N2CCN(CC3=C(c4ccc(Cl)cc4)CC(C)(C)CC3)CC2)cc1Oc1cnc2[nH]ccc2c1. The summed E-state index contributed by atoms with van der Waals surface area (Å²) in [6.45, 7) is 13.9. The number of nitrogens with zero attached hydrogens (tertiary/aromatic N) is 3. The Morgan fingerprint density at radius 2 is 1.85 bits per heavy atom. The molecule has 2 aliphatic rings. The lowest BCUT2D eigenvalue weighted by Crippen LogP contribution is -2.47. The van der Waals surface area contributed by atoms with Gasteiger partial charge in [-0.05, 0) is 72.2 Å². The number of hydrogen-bond acceptors (Lipinski definition) is 4. The molecule has 0 spiro atoms. The van der Waals surface area contributed by atoms with Gasteiger partial charge in [0, 0.05) is 66.6 Å². The van der Waals surface area contributed by atoms with Gasteiger partial charge in [-0.2, -0.15) is 0 Å². The Bertz CT molecular complexity index is 1540. The Balaban J connectivity index is 1.15. The molecule has 1 aliphatic heterocycles. The van der Waals surface area contributed by atoms with E-state index in [1.807, 2.05) is 36.5 Å². The first-order chi connectivity index (χ1) is 19.4. The second kappa shape index (κ2) is 11.1. The maximum atomic E-state index is 6.31. The number of aromatic amines is 1. The fraction of sp³-hybridized carbons (Fsp3) is 0.324. The van der Waals surface area contributed by atoms with Gasteiger partial charge < -0.3 is 14.6 Å². The van der Waals surface area contributed by atoms with Crippen molar-refractivity contribution in [1.29, 1.82) is 0 Å². The van der Waals surface area contributed by atoms with Crippen molar-refractivity contribution in [3.8, 4) is 11.5 Å². The third-order valence-corrected chi connectivity index (χ3v) is 8.60. The van der Waals surface area contributed by atoms with Crippen molar-refractivity contribution < 1.29 is 4.74 Å². The van der Waals surface area contributed by atoms with E-state index in [1.165, 1.54) is 23.2 Å². The number of pyridine rings is 1. The molecule has 0 unspecified atom stereocenters. The van der Waals surface area contributed by atoms with Crippen LogP contribution in [0.1, 0.15) is 44.2 Å². The first-order valence-corrected chi connectivity index (χ1v) is 14.6. The summed E-state index contributed by atoms with van der Waals surface area (Å²) in [5.74, 6) is 1.52. The summed E-state index contributed by atoms with van der Waals surface area (Å²) in [6.07, 6.45) is 9.02. The molecule has 0 bridgehead atoms. The number of fused-ring (bicyclic) bond motifs is 1. The maximum absolute atomic E-state index is 6.31. The predicted octanol–water partition coefficient (Wildman–Crippen LogP) is 8.44. The van der Waals surface area contributed by atoms with E-state index < -0.39 is 0 Å². The molecular formula is C34H37ClN4O. The average Bonchev–Trinajstić information content (AvgIpc) is 3.43. The number of H-pyrrole nitrogens is 1. The highest BCUT2D eigenvalue weighted by Crippen LogP contribution is 2.43. The van der Waals surface area contributed by atoms with E-state index in [9.17, 15) is 0 Å². The fourth-order valence-corrected chi connectivity index (χ4v) is 6.10. The van der Waals surface area contributed by atoms with E-state index in [4.69, 9.17) is 16.3 Å². The van der Waals surface area contributed by atoms with Gasteiger partial charge in [-0.1, -0.05) is 55.8 Å². The minimum Gasteiger partial charge on any atom is -0.455 e. The third-order valence-electron chi connectivity index (χ3n) is 8.35. The van der Waals surface area contributed by atoms with Crippen molar-refractivity contribution in [3.05, 3.63) is 95.3 Å². The van der Waals surface area contributed by atoms with Crippen LogP contribution in [0.2, 0.25) is 5.02 Å². The normalized spacial score (nSPS) is 17.8. The molecule has 1 aliphatic carbocycles. The molecular weight excluding hydrogens is 516 g/mol. The van der Waals surface area contributed by atoms with Gasteiger partial charge in [-0.25, -0.2) is 4.98 Å². The van der Waals surface area contributed by atoms with Gasteiger partial charge in [0.15, 0.2) is 0 Å². The molecule has 0 radical (unpaired) electrons. The topological polar surface area (TPSA) is 44.4 Å². The van der Waals surface area contributed by atoms with Gasteiger partial charge in [0.2, 0.25) is 0 Å². The van der Waals surface area contributed by atoms with Gasteiger partial charge in [0.05, 0.1) is 6.20 Å². The van der Waals surface area contributed by atoms with E-state index in [1.54, 1.807) is 11.8 Å². The monoisotopic (exact) mass is 552 g/mol. The molecule has 206 valence electrons. The summed E-state index contributed by atoms with van der Waals surface area (Å²) in [5, 5.41) is 1.82. The van der Waals surface area contributed by atoms with E-state index in [0.29, 0.717) is 5.41 Å². The van der Waals surface area contributed by atoms with Crippen LogP contribution in [0.5, 0.6) is 11.5 Å². The molecule has 3 heterocycles. The van der Waals surface area contributed by atoms with Crippen LogP contribution in [0.25, 0.3) is 22.7 Å². The maximum Gasteiger partial charge on any atom is 0.146 e. The minimum absolute atomic E-state index is 0.331. The number of hydrogen-bond donors (Lipinski definition) is 1. The quantitative estimate of drug-likeness (QED) is 0.250. The standard InChI is InChI=1S/C34H37ClN4O/c1-4-24-7-10-29(20-32(24)40-30-19-26-12-14-36-33(26)37-22-30)39-17-15-38(16-18-39)23-27-11-13-34(2,3)21-31(27)25-5-8-28(35)9-6-25/h4-10,12,14,19-20,22H,1,11,13,15-18,21,23H2,2-3H3,(H,36,37). The van der Waals surface area contributed by atoms with Crippen LogP contribution >= 0.6 is 11.6 Å². The summed E-state index contributed by atoms with van der Waals surface area (Å²) in [7, 11) is 0. The molecule has 2 aromatic heterocycles. The van der Waals surface area contributed by atoms with Gasteiger partial charge in [-0.3, -0.25) is 4.90 Å². The Kier molecular flexibility index (Phi) is 7.43. The molecule has 1 fully saturated rings. The number of rotatable bonds is 7. The molecule has 6 heteroatoms. The number of allylic oxidation sites excluding steroid dienone is 1. The molecule has 6 rings (SSSR count). The molecule has 0 atom stereocenters. The van der Waals surface area contributed by atoms with Gasteiger partial charge in [0.25, 0.3) is 0 Å². The van der Waals surface area contributed by atoms with Crippen LogP contribution in [0.4, 0.5) is 5.69 Å². The lowest BCUT2D eigenvalue weighted by Gasteiger charge is -2.39. The number of halogens is 1. The molecule has 0 amide bonds. The fourth-order valence-electron chi connectivity index (χ4n) is 5.98. The highest BCUT2D eigenvalue weighted by Gasteiger charge is 2.29. The van der Waals surface area contributed by atoms with E-state index in [2.05, 4.69) is 70.5 Å². The summed E-state index contributed by atoms with van der Waals surface area (Å²) in [6, 6.07) is 18.8. The zero-order valence-electron chi connectivity index (χ0n) is 23.4. The molecule has 0 saturated carbocycles. The van der Waals surface area contributed by atoms with E-state index in [0.717, 1.165) is 78.7 Å². The van der Waals surface area contributed by atoms with Gasteiger partial charge >= 0.3 is 0 Å². The first kappa shape index (κ1) is 26.7. The molecule has 1 saturated heterocycles. The molecule has 2 aromatic carbocycles. The lowest BCUT2D eigenvalue weighted by molar-refractivity contribution is 0.264. The number of ether oxygens (including phenoxy) is 1. The van der Waals surface area contributed by atoms with Crippen molar-refractivity contribution in [1.82, 2.24) is 14.9 Å². The van der Waals surface area contributed by atoms with Gasteiger partial charge in [0.1, 0.15) is 17.1 Å². The van der Waals surface area contributed by atoms with Crippen LogP contribution in [-0.2, 0) is 0 Å². The van der Waals surface area contributed by atoms with E-state index in [-0.39, 0.29) is 0 Å². The highest BCUT2D eigenvalue weighted by atomic mass is 35.5. The van der Waals surface area contributed by atoms with Crippen LogP contribution in [-0.4, -0.2) is 47.6 Å². The smallest absolute Gasteiger partial charge is 0.146 e. The Morgan fingerprint density at radius 3 is 2.62 bits per heavy atom. The van der Waals surface area contributed by atoms with Crippen LogP contribution in [0.3, 0.4) is 0 Å². The predicted molar refractivity (Wildman–Crippen MR) is 167 cm³/mol. The first-order valence-electron chi connectivity index (χ1n) is 14.2. The number of piperazine rings is 1. The van der Waals surface area contributed by atoms with Crippen molar-refractivity contribution in [2.24, 2.45) is 5.41 Å². The number of aromatic nitrogens is 2. The molecule has 4 aromatic rings.